The average molecular weight is 453 g/mol. The molecule has 0 aliphatic rings. The highest BCUT2D eigenvalue weighted by atomic mass is 16.5. The second-order valence-corrected chi connectivity index (χ2v) is 7.19. The first kappa shape index (κ1) is 23.8. The van der Waals surface area contributed by atoms with Gasteiger partial charge >= 0.3 is 5.97 Å². The van der Waals surface area contributed by atoms with Gasteiger partial charge in [0.05, 0.1) is 13.2 Å². The van der Waals surface area contributed by atoms with Gasteiger partial charge in [0.1, 0.15) is 6.54 Å². The topological polar surface area (TPSA) is 107 Å². The Labute approximate surface area is 192 Å². The van der Waals surface area contributed by atoms with Crippen LogP contribution >= 0.6 is 0 Å². The molecular formula is C25H28N2O6. The predicted molar refractivity (Wildman–Crippen MR) is 124 cm³/mol. The van der Waals surface area contributed by atoms with Gasteiger partial charge in [-0.3, -0.25) is 14.4 Å². The Bertz CT molecular complexity index is 1150. The average Bonchev–Trinajstić information content (AvgIpc) is 3.27. The monoisotopic (exact) mass is 452 g/mol. The summed E-state index contributed by atoms with van der Waals surface area (Å²) in [5.41, 5.74) is 2.79. The number of esters is 1. The molecule has 0 aliphatic carbocycles. The molecule has 3 aromatic rings. The van der Waals surface area contributed by atoms with E-state index in [0.29, 0.717) is 35.8 Å². The van der Waals surface area contributed by atoms with E-state index in [-0.39, 0.29) is 12.3 Å². The smallest absolute Gasteiger partial charge is 0.325 e. The number of H-pyrrole nitrogens is 1. The molecule has 174 valence electrons. The zero-order valence-corrected chi connectivity index (χ0v) is 19.0. The Morgan fingerprint density at radius 1 is 0.970 bits per heavy atom. The Hall–Kier alpha value is -3.81. The number of ether oxygens (including phenoxy) is 3. The van der Waals surface area contributed by atoms with Gasteiger partial charge in [-0.25, -0.2) is 0 Å². The SMILES string of the molecule is CCOc1ccc(C(=O)NCC(=O)OCC(=O)c2c[nH]c3c(CC)cccc23)cc1OCC. The maximum absolute atomic E-state index is 12.6. The summed E-state index contributed by atoms with van der Waals surface area (Å²) < 4.78 is 16.1. The maximum atomic E-state index is 12.6. The lowest BCUT2D eigenvalue weighted by molar-refractivity contribution is -0.141. The molecule has 0 saturated carbocycles. The summed E-state index contributed by atoms with van der Waals surface area (Å²) in [6, 6.07) is 10.5. The van der Waals surface area contributed by atoms with Crippen LogP contribution < -0.4 is 14.8 Å². The van der Waals surface area contributed by atoms with Crippen LogP contribution in [0.2, 0.25) is 0 Å². The van der Waals surface area contributed by atoms with Crippen molar-refractivity contribution in [1.29, 1.82) is 0 Å². The van der Waals surface area contributed by atoms with Gasteiger partial charge in [0.2, 0.25) is 5.78 Å². The fourth-order valence-corrected chi connectivity index (χ4v) is 3.46. The van der Waals surface area contributed by atoms with E-state index in [1.165, 1.54) is 0 Å². The molecule has 2 aromatic carbocycles. The number of hydrogen-bond acceptors (Lipinski definition) is 6. The number of benzene rings is 2. The molecule has 0 fully saturated rings. The fourth-order valence-electron chi connectivity index (χ4n) is 3.46. The zero-order chi connectivity index (χ0) is 23.8. The highest BCUT2D eigenvalue weighted by molar-refractivity contribution is 6.09. The third-order valence-corrected chi connectivity index (χ3v) is 5.05. The summed E-state index contributed by atoms with van der Waals surface area (Å²) in [5.74, 6) is -0.503. The van der Waals surface area contributed by atoms with E-state index in [1.807, 2.05) is 39.0 Å². The van der Waals surface area contributed by atoms with Crippen molar-refractivity contribution in [3.05, 3.63) is 59.3 Å². The van der Waals surface area contributed by atoms with Crippen LogP contribution in [0.15, 0.2) is 42.6 Å². The van der Waals surface area contributed by atoms with E-state index in [0.717, 1.165) is 22.9 Å². The molecule has 0 spiro atoms. The first-order chi connectivity index (χ1) is 16.0. The van der Waals surface area contributed by atoms with Gasteiger partial charge in [-0.05, 0) is 44.0 Å². The van der Waals surface area contributed by atoms with Gasteiger partial charge in [0, 0.05) is 28.2 Å². The number of rotatable bonds is 11. The Balaban J connectivity index is 1.55. The molecule has 1 amide bonds. The first-order valence-electron chi connectivity index (χ1n) is 10.9. The number of aromatic nitrogens is 1. The van der Waals surface area contributed by atoms with Crippen molar-refractivity contribution in [2.45, 2.75) is 27.2 Å². The molecule has 0 bridgehead atoms. The van der Waals surface area contributed by atoms with Crippen LogP contribution in [0.5, 0.6) is 11.5 Å². The van der Waals surface area contributed by atoms with Crippen LogP contribution in [0, 0.1) is 0 Å². The van der Waals surface area contributed by atoms with Crippen LogP contribution in [-0.2, 0) is 16.0 Å². The highest BCUT2D eigenvalue weighted by Gasteiger charge is 2.17. The van der Waals surface area contributed by atoms with Crippen LogP contribution in [-0.4, -0.2) is 49.0 Å². The number of hydrogen-bond donors (Lipinski definition) is 2. The minimum atomic E-state index is -0.707. The Kier molecular flexibility index (Phi) is 8.07. The lowest BCUT2D eigenvalue weighted by Crippen LogP contribution is -2.31. The second kappa shape index (κ2) is 11.2. The predicted octanol–water partition coefficient (Wildman–Crippen LogP) is 3.68. The summed E-state index contributed by atoms with van der Waals surface area (Å²) in [6.07, 6.45) is 2.46. The summed E-state index contributed by atoms with van der Waals surface area (Å²) in [4.78, 5) is 40.2. The molecule has 1 heterocycles. The van der Waals surface area contributed by atoms with Crippen LogP contribution in [0.4, 0.5) is 0 Å². The molecule has 33 heavy (non-hydrogen) atoms. The van der Waals surface area contributed by atoms with E-state index in [9.17, 15) is 14.4 Å². The lowest BCUT2D eigenvalue weighted by Gasteiger charge is -2.12. The number of amides is 1. The highest BCUT2D eigenvalue weighted by Crippen LogP contribution is 2.28. The number of ketones is 1. The third-order valence-electron chi connectivity index (χ3n) is 5.05. The molecule has 0 radical (unpaired) electrons. The Morgan fingerprint density at radius 3 is 2.45 bits per heavy atom. The van der Waals surface area contributed by atoms with Crippen molar-refractivity contribution in [3.8, 4) is 11.5 Å². The largest absolute Gasteiger partial charge is 0.490 e. The molecule has 8 heteroatoms. The Morgan fingerprint density at radius 2 is 1.73 bits per heavy atom. The molecule has 0 aliphatic heterocycles. The van der Waals surface area contributed by atoms with E-state index in [2.05, 4.69) is 10.3 Å². The minimum absolute atomic E-state index is 0.316. The third kappa shape index (κ3) is 5.71. The molecular weight excluding hydrogens is 424 g/mol. The van der Waals surface area contributed by atoms with Gasteiger partial charge in [-0.2, -0.15) is 0 Å². The van der Waals surface area contributed by atoms with Gasteiger partial charge in [0.25, 0.3) is 5.91 Å². The van der Waals surface area contributed by atoms with Gasteiger partial charge in [0.15, 0.2) is 18.1 Å². The van der Waals surface area contributed by atoms with Crippen LogP contribution in [0.1, 0.15) is 47.1 Å². The molecule has 1 aromatic heterocycles. The number of aromatic amines is 1. The number of para-hydroxylation sites is 1. The van der Waals surface area contributed by atoms with E-state index < -0.39 is 18.5 Å². The normalized spacial score (nSPS) is 10.6. The van der Waals surface area contributed by atoms with Crippen molar-refractivity contribution >= 4 is 28.6 Å². The molecule has 2 N–H and O–H groups in total. The molecule has 0 unspecified atom stereocenters. The summed E-state index contributed by atoms with van der Waals surface area (Å²) in [5, 5.41) is 3.29. The quantitative estimate of drug-likeness (QED) is 0.340. The number of aryl methyl sites for hydroxylation is 1. The zero-order valence-electron chi connectivity index (χ0n) is 19.0. The number of nitrogens with one attached hydrogen (secondary N) is 2. The molecule has 8 nitrogen and oxygen atoms in total. The van der Waals surface area contributed by atoms with Crippen LogP contribution in [0.25, 0.3) is 10.9 Å². The van der Waals surface area contributed by atoms with Crippen LogP contribution in [0.3, 0.4) is 0 Å². The van der Waals surface area contributed by atoms with E-state index in [4.69, 9.17) is 14.2 Å². The van der Waals surface area contributed by atoms with Crippen molar-refractivity contribution in [2.75, 3.05) is 26.4 Å². The van der Waals surface area contributed by atoms with Crippen molar-refractivity contribution < 1.29 is 28.6 Å². The van der Waals surface area contributed by atoms with E-state index >= 15 is 0 Å². The standard InChI is InChI=1S/C25H28N2O6/c1-4-16-8-7-9-18-19(13-26-24(16)18)20(28)15-33-23(29)14-27-25(30)17-10-11-21(31-5-2)22(12-17)32-6-3/h7-13,26H,4-6,14-15H2,1-3H3,(H,27,30). The van der Waals surface area contributed by atoms with Gasteiger partial charge < -0.3 is 24.5 Å². The summed E-state index contributed by atoms with van der Waals surface area (Å²) >= 11 is 0. The second-order valence-electron chi connectivity index (χ2n) is 7.19. The number of fused-ring (bicyclic) bond motifs is 1. The molecule has 0 atom stereocenters. The molecule has 0 saturated heterocycles. The van der Waals surface area contributed by atoms with Gasteiger partial charge in [-0.15, -0.1) is 0 Å². The van der Waals surface area contributed by atoms with Crippen molar-refractivity contribution in [3.63, 3.8) is 0 Å². The fraction of sp³-hybridized carbons (Fsp3) is 0.320. The number of Topliss-reactive ketones (excluding diaryl/α,β-unsaturated/α-hetero) is 1. The maximum Gasteiger partial charge on any atom is 0.325 e. The summed E-state index contributed by atoms with van der Waals surface area (Å²) in [6.45, 7) is 5.84. The van der Waals surface area contributed by atoms with Crippen molar-refractivity contribution in [1.82, 2.24) is 10.3 Å². The van der Waals surface area contributed by atoms with Crippen molar-refractivity contribution in [2.24, 2.45) is 0 Å². The van der Waals surface area contributed by atoms with Gasteiger partial charge in [-0.1, -0.05) is 25.1 Å². The first-order valence-corrected chi connectivity index (χ1v) is 10.9. The number of carbonyl (C=O) groups is 3. The van der Waals surface area contributed by atoms with E-state index in [1.54, 1.807) is 24.4 Å². The molecule has 3 rings (SSSR count). The number of carbonyl (C=O) groups excluding carboxylic acids is 3. The summed E-state index contributed by atoms with van der Waals surface area (Å²) in [7, 11) is 0. The minimum Gasteiger partial charge on any atom is -0.490 e. The lowest BCUT2D eigenvalue weighted by atomic mass is 10.1.